The summed E-state index contributed by atoms with van der Waals surface area (Å²) in [5, 5.41) is 0.997. The van der Waals surface area contributed by atoms with Gasteiger partial charge in [-0.3, -0.25) is 4.79 Å². The molecule has 0 radical (unpaired) electrons. The van der Waals surface area contributed by atoms with Crippen molar-refractivity contribution in [1.29, 1.82) is 0 Å². The van der Waals surface area contributed by atoms with E-state index < -0.39 is 0 Å². The van der Waals surface area contributed by atoms with Crippen LogP contribution in [0.1, 0.15) is 27.0 Å². The molecule has 126 valence electrons. The predicted molar refractivity (Wildman–Crippen MR) is 106 cm³/mol. The average Bonchev–Trinajstić information content (AvgIpc) is 2.56. The molecule has 0 saturated heterocycles. The van der Waals surface area contributed by atoms with Crippen molar-refractivity contribution in [3.63, 3.8) is 0 Å². The third-order valence-electron chi connectivity index (χ3n) is 4.15. The molecule has 3 aromatic rings. The van der Waals surface area contributed by atoms with Crippen LogP contribution in [0.5, 0.6) is 0 Å². The fourth-order valence-corrected chi connectivity index (χ4v) is 3.77. The van der Waals surface area contributed by atoms with E-state index in [0.29, 0.717) is 26.9 Å². The molecule has 0 atom stereocenters. The molecule has 0 spiro atoms. The largest absolute Gasteiger partial charge is 0.399 e. The third kappa shape index (κ3) is 3.41. The minimum atomic E-state index is -0.00662. The highest BCUT2D eigenvalue weighted by Gasteiger charge is 2.17. The maximum Gasteiger partial charge on any atom is 0.193 e. The Labute approximate surface area is 157 Å². The van der Waals surface area contributed by atoms with Gasteiger partial charge in [0.05, 0.1) is 10.0 Å². The number of nitrogen functional groups attached to an aromatic ring is 1. The summed E-state index contributed by atoms with van der Waals surface area (Å²) in [4.78, 5) is 12.7. The van der Waals surface area contributed by atoms with Gasteiger partial charge in [0, 0.05) is 22.4 Å². The molecule has 3 aromatic carbocycles. The van der Waals surface area contributed by atoms with Gasteiger partial charge in [0.1, 0.15) is 0 Å². The Balaban J connectivity index is 2.13. The molecule has 0 heterocycles. The van der Waals surface area contributed by atoms with Crippen molar-refractivity contribution in [3.8, 4) is 11.1 Å². The number of ketones is 1. The molecule has 0 aliphatic carbocycles. The number of hydrogen-bond acceptors (Lipinski definition) is 2. The topological polar surface area (TPSA) is 43.1 Å². The van der Waals surface area contributed by atoms with E-state index in [1.54, 1.807) is 12.1 Å². The van der Waals surface area contributed by atoms with Gasteiger partial charge in [-0.1, -0.05) is 53.5 Å². The fourth-order valence-electron chi connectivity index (χ4n) is 3.08. The number of carbonyl (C=O) groups is 1. The van der Waals surface area contributed by atoms with Crippen molar-refractivity contribution in [3.05, 3.63) is 86.9 Å². The van der Waals surface area contributed by atoms with Crippen LogP contribution >= 0.6 is 23.2 Å². The van der Waals surface area contributed by atoms with Crippen molar-refractivity contribution in [1.82, 2.24) is 0 Å². The molecule has 2 N–H and O–H groups in total. The number of anilines is 1. The number of carbonyl (C=O) groups excluding carboxylic acids is 1. The van der Waals surface area contributed by atoms with Crippen molar-refractivity contribution in [2.45, 2.75) is 13.8 Å². The Kier molecular flexibility index (Phi) is 4.85. The molecule has 0 bridgehead atoms. The normalized spacial score (nSPS) is 10.7. The molecule has 0 unspecified atom stereocenters. The van der Waals surface area contributed by atoms with Gasteiger partial charge in [-0.25, -0.2) is 0 Å². The number of aryl methyl sites for hydroxylation is 2. The van der Waals surface area contributed by atoms with Gasteiger partial charge in [0.25, 0.3) is 0 Å². The number of halogens is 2. The molecular formula is C21H17Cl2NO. The smallest absolute Gasteiger partial charge is 0.193 e. The molecule has 25 heavy (non-hydrogen) atoms. The maximum atomic E-state index is 12.7. The van der Waals surface area contributed by atoms with E-state index in [0.717, 1.165) is 22.3 Å². The van der Waals surface area contributed by atoms with Crippen LogP contribution in [0, 0.1) is 13.8 Å². The first-order valence-corrected chi connectivity index (χ1v) is 8.60. The van der Waals surface area contributed by atoms with Gasteiger partial charge >= 0.3 is 0 Å². The highest BCUT2D eigenvalue weighted by Crippen LogP contribution is 2.40. The second-order valence-electron chi connectivity index (χ2n) is 6.04. The monoisotopic (exact) mass is 369 g/mol. The van der Waals surface area contributed by atoms with Crippen LogP contribution in [0.15, 0.2) is 54.6 Å². The van der Waals surface area contributed by atoms with E-state index in [1.807, 2.05) is 56.3 Å². The zero-order chi connectivity index (χ0) is 18.1. The van der Waals surface area contributed by atoms with Crippen molar-refractivity contribution in [2.75, 3.05) is 5.73 Å². The summed E-state index contributed by atoms with van der Waals surface area (Å²) in [6.07, 6.45) is 0. The SMILES string of the molecule is Cc1cc(C(=O)c2ccccc2)cc(C)c1-c1c(Cl)cc(N)cc1Cl. The molecule has 2 nitrogen and oxygen atoms in total. The molecular weight excluding hydrogens is 353 g/mol. The lowest BCUT2D eigenvalue weighted by Crippen LogP contribution is -2.03. The van der Waals surface area contributed by atoms with E-state index in [-0.39, 0.29) is 5.78 Å². The average molecular weight is 370 g/mol. The summed E-state index contributed by atoms with van der Waals surface area (Å²) in [7, 11) is 0. The molecule has 0 saturated carbocycles. The summed E-state index contributed by atoms with van der Waals surface area (Å²) in [5.74, 6) is -0.00662. The van der Waals surface area contributed by atoms with Crippen LogP contribution < -0.4 is 5.73 Å². The Hall–Kier alpha value is -2.29. The van der Waals surface area contributed by atoms with Crippen molar-refractivity contribution in [2.24, 2.45) is 0 Å². The second kappa shape index (κ2) is 6.91. The van der Waals surface area contributed by atoms with Gasteiger partial charge in [-0.05, 0) is 54.8 Å². The number of hydrogen-bond donors (Lipinski definition) is 1. The third-order valence-corrected chi connectivity index (χ3v) is 4.74. The molecule has 0 fully saturated rings. The maximum absolute atomic E-state index is 12.7. The first-order chi connectivity index (χ1) is 11.9. The van der Waals surface area contributed by atoms with E-state index in [4.69, 9.17) is 28.9 Å². The van der Waals surface area contributed by atoms with Crippen molar-refractivity contribution >= 4 is 34.7 Å². The molecule has 0 amide bonds. The van der Waals surface area contributed by atoms with Gasteiger partial charge in [-0.2, -0.15) is 0 Å². The van der Waals surface area contributed by atoms with Gasteiger partial charge in [-0.15, -0.1) is 0 Å². The summed E-state index contributed by atoms with van der Waals surface area (Å²) < 4.78 is 0. The first-order valence-electron chi connectivity index (χ1n) is 7.84. The fraction of sp³-hybridized carbons (Fsp3) is 0.0952. The molecule has 0 aromatic heterocycles. The van der Waals surface area contributed by atoms with Crippen LogP contribution in [0.25, 0.3) is 11.1 Å². The minimum absolute atomic E-state index is 0.00662. The van der Waals surface area contributed by atoms with Gasteiger partial charge in [0.15, 0.2) is 5.78 Å². The number of nitrogens with two attached hydrogens (primary N) is 1. The summed E-state index contributed by atoms with van der Waals surface area (Å²) >= 11 is 12.8. The zero-order valence-electron chi connectivity index (χ0n) is 13.9. The number of rotatable bonds is 3. The van der Waals surface area contributed by atoms with Crippen LogP contribution in [0.2, 0.25) is 10.0 Å². The van der Waals surface area contributed by atoms with E-state index in [1.165, 1.54) is 0 Å². The molecule has 0 aliphatic rings. The Morgan fingerprint density at radius 2 is 1.32 bits per heavy atom. The van der Waals surface area contributed by atoms with Crippen molar-refractivity contribution < 1.29 is 4.79 Å². The number of benzene rings is 3. The van der Waals surface area contributed by atoms with Crippen LogP contribution in [-0.4, -0.2) is 5.78 Å². The standard InChI is InChI=1S/C21H17Cl2NO/c1-12-8-15(21(25)14-6-4-3-5-7-14)9-13(2)19(12)20-17(22)10-16(24)11-18(20)23/h3-11H,24H2,1-2H3. The summed E-state index contributed by atoms with van der Waals surface area (Å²) in [6.45, 7) is 3.90. The first kappa shape index (κ1) is 17.5. The minimum Gasteiger partial charge on any atom is -0.399 e. The molecule has 0 aliphatic heterocycles. The van der Waals surface area contributed by atoms with E-state index >= 15 is 0 Å². The quantitative estimate of drug-likeness (QED) is 0.448. The van der Waals surface area contributed by atoms with Gasteiger partial charge in [0.2, 0.25) is 0 Å². The van der Waals surface area contributed by atoms with Crippen LogP contribution in [0.4, 0.5) is 5.69 Å². The molecule has 4 heteroatoms. The van der Waals surface area contributed by atoms with Crippen LogP contribution in [-0.2, 0) is 0 Å². The lowest BCUT2D eigenvalue weighted by Gasteiger charge is -2.16. The second-order valence-corrected chi connectivity index (χ2v) is 6.85. The molecule has 3 rings (SSSR count). The van der Waals surface area contributed by atoms with E-state index in [9.17, 15) is 4.79 Å². The predicted octanol–water partition coefficient (Wildman–Crippen LogP) is 6.09. The highest BCUT2D eigenvalue weighted by atomic mass is 35.5. The Morgan fingerprint density at radius 1 is 0.800 bits per heavy atom. The van der Waals surface area contributed by atoms with Gasteiger partial charge < -0.3 is 5.73 Å². The Morgan fingerprint density at radius 3 is 1.84 bits per heavy atom. The zero-order valence-corrected chi connectivity index (χ0v) is 15.4. The van der Waals surface area contributed by atoms with E-state index in [2.05, 4.69) is 0 Å². The lowest BCUT2D eigenvalue weighted by molar-refractivity contribution is 0.103. The highest BCUT2D eigenvalue weighted by molar-refractivity contribution is 6.39. The van der Waals surface area contributed by atoms with Crippen LogP contribution in [0.3, 0.4) is 0 Å². The lowest BCUT2D eigenvalue weighted by atomic mass is 9.91. The Bertz CT molecular complexity index is 919. The summed E-state index contributed by atoms with van der Waals surface area (Å²) in [5.41, 5.74) is 11.2. The summed E-state index contributed by atoms with van der Waals surface area (Å²) in [6, 6.07) is 16.4.